The molecule has 1 heterocycles. The van der Waals surface area contributed by atoms with Crippen LogP contribution < -0.4 is 10.6 Å². The minimum absolute atomic E-state index is 0.0463. The Labute approximate surface area is 208 Å². The molecule has 0 spiro atoms. The van der Waals surface area contributed by atoms with E-state index < -0.39 is 30.1 Å². The zero-order chi connectivity index (χ0) is 25.3. The first-order valence-corrected chi connectivity index (χ1v) is 11.6. The van der Waals surface area contributed by atoms with E-state index in [-0.39, 0.29) is 19.4 Å². The molecule has 184 valence electrons. The topological polar surface area (TPSA) is 121 Å². The van der Waals surface area contributed by atoms with Gasteiger partial charge in [0.15, 0.2) is 0 Å². The normalized spacial score (nSPS) is 12.4. The molecule has 4 aromatic rings. The minimum Gasteiger partial charge on any atom is -0.480 e. The summed E-state index contributed by atoms with van der Waals surface area (Å²) >= 11 is 0. The summed E-state index contributed by atoms with van der Waals surface area (Å²) in [6.45, 7) is 0.0463. The fourth-order valence-corrected chi connectivity index (χ4v) is 3.96. The van der Waals surface area contributed by atoms with E-state index in [0.29, 0.717) is 0 Å². The molecule has 0 fully saturated rings. The Bertz CT molecular complexity index is 1320. The number of ether oxygens (including phenoxy) is 1. The van der Waals surface area contributed by atoms with Crippen LogP contribution in [-0.4, -0.2) is 40.1 Å². The van der Waals surface area contributed by atoms with Crippen molar-refractivity contribution in [3.63, 3.8) is 0 Å². The maximum absolute atomic E-state index is 13.2. The number of nitrogens with one attached hydrogen (secondary N) is 3. The van der Waals surface area contributed by atoms with Crippen molar-refractivity contribution in [2.45, 2.75) is 31.5 Å². The Morgan fingerprint density at radius 1 is 0.778 bits per heavy atom. The maximum atomic E-state index is 13.2. The molecule has 8 nitrogen and oxygen atoms in total. The number of carbonyl (C=O) groups is 3. The van der Waals surface area contributed by atoms with Gasteiger partial charge >= 0.3 is 12.1 Å². The molecule has 1 aromatic heterocycles. The third kappa shape index (κ3) is 6.50. The van der Waals surface area contributed by atoms with E-state index in [1.165, 1.54) is 0 Å². The van der Waals surface area contributed by atoms with Gasteiger partial charge in [0.2, 0.25) is 5.91 Å². The van der Waals surface area contributed by atoms with Gasteiger partial charge in [0, 0.05) is 29.9 Å². The van der Waals surface area contributed by atoms with E-state index in [0.717, 1.165) is 27.6 Å². The summed E-state index contributed by atoms with van der Waals surface area (Å²) in [6.07, 6.45) is 1.24. The van der Waals surface area contributed by atoms with Crippen LogP contribution in [0.5, 0.6) is 0 Å². The van der Waals surface area contributed by atoms with Crippen LogP contribution in [0.25, 0.3) is 10.9 Å². The average Bonchev–Trinajstić information content (AvgIpc) is 3.30. The number of hydrogen-bond donors (Lipinski definition) is 4. The van der Waals surface area contributed by atoms with Crippen molar-refractivity contribution < 1.29 is 24.2 Å². The molecule has 36 heavy (non-hydrogen) atoms. The van der Waals surface area contributed by atoms with Crippen molar-refractivity contribution in [2.24, 2.45) is 0 Å². The van der Waals surface area contributed by atoms with Crippen molar-refractivity contribution in [1.29, 1.82) is 0 Å². The van der Waals surface area contributed by atoms with E-state index in [9.17, 15) is 19.5 Å². The lowest BCUT2D eigenvalue weighted by Crippen LogP contribution is -2.53. The molecule has 0 saturated carbocycles. The second-order valence-electron chi connectivity index (χ2n) is 8.41. The van der Waals surface area contributed by atoms with Gasteiger partial charge < -0.3 is 25.5 Å². The highest BCUT2D eigenvalue weighted by Gasteiger charge is 2.28. The van der Waals surface area contributed by atoms with Crippen LogP contribution >= 0.6 is 0 Å². The summed E-state index contributed by atoms with van der Waals surface area (Å²) in [7, 11) is 0. The summed E-state index contributed by atoms with van der Waals surface area (Å²) in [5.74, 6) is -1.78. The van der Waals surface area contributed by atoms with Crippen molar-refractivity contribution in [2.75, 3.05) is 0 Å². The van der Waals surface area contributed by atoms with Crippen molar-refractivity contribution >= 4 is 28.9 Å². The number of carbonyl (C=O) groups excluding carboxylic acids is 2. The lowest BCUT2D eigenvalue weighted by Gasteiger charge is -2.21. The quantitative estimate of drug-likeness (QED) is 0.272. The van der Waals surface area contributed by atoms with Crippen LogP contribution in [0.2, 0.25) is 0 Å². The monoisotopic (exact) mass is 485 g/mol. The van der Waals surface area contributed by atoms with Crippen LogP contribution in [0.1, 0.15) is 16.7 Å². The van der Waals surface area contributed by atoms with Gasteiger partial charge in [-0.15, -0.1) is 0 Å². The number of alkyl carbamates (subject to hydrolysis) is 1. The summed E-state index contributed by atoms with van der Waals surface area (Å²) in [5, 5.41) is 15.9. The smallest absolute Gasteiger partial charge is 0.408 e. The minimum atomic E-state index is -1.18. The van der Waals surface area contributed by atoms with Gasteiger partial charge in [-0.2, -0.15) is 0 Å². The number of fused-ring (bicyclic) bond motifs is 1. The van der Waals surface area contributed by atoms with Crippen molar-refractivity contribution in [1.82, 2.24) is 15.6 Å². The highest BCUT2D eigenvalue weighted by atomic mass is 16.5. The number of hydrogen-bond acceptors (Lipinski definition) is 4. The standard InChI is InChI=1S/C28H27N3O5/c32-26(30-25(27(33)34)16-21-17-29-23-14-8-7-13-22(21)23)24(15-19-9-3-1-4-10-19)31-28(35)36-18-20-11-5-2-6-12-20/h1-14,17,24-25,29H,15-16,18H2,(H,30,32)(H,31,35)(H,33,34)/t24-,25+/m1/s1. The number of aromatic nitrogens is 1. The number of rotatable bonds is 10. The van der Waals surface area contributed by atoms with Gasteiger partial charge in [-0.05, 0) is 22.8 Å². The van der Waals surface area contributed by atoms with Gasteiger partial charge in [-0.3, -0.25) is 4.79 Å². The Hall–Kier alpha value is -4.59. The highest BCUT2D eigenvalue weighted by Crippen LogP contribution is 2.19. The number of benzene rings is 3. The SMILES string of the molecule is O=C(N[C@H](Cc1ccccc1)C(=O)N[C@@H](Cc1c[nH]c2ccccc12)C(=O)O)OCc1ccccc1. The molecule has 0 bridgehead atoms. The zero-order valence-corrected chi connectivity index (χ0v) is 19.5. The summed E-state index contributed by atoms with van der Waals surface area (Å²) < 4.78 is 5.28. The second-order valence-corrected chi connectivity index (χ2v) is 8.41. The third-order valence-corrected chi connectivity index (χ3v) is 5.82. The zero-order valence-electron chi connectivity index (χ0n) is 19.5. The number of carboxylic acid groups (broad SMARTS) is 1. The predicted molar refractivity (Wildman–Crippen MR) is 135 cm³/mol. The highest BCUT2D eigenvalue weighted by molar-refractivity contribution is 5.90. The van der Waals surface area contributed by atoms with E-state index in [1.807, 2.05) is 84.9 Å². The van der Waals surface area contributed by atoms with Crippen LogP contribution in [0, 0.1) is 0 Å². The molecule has 2 atom stereocenters. The number of aromatic amines is 1. The van der Waals surface area contributed by atoms with Gasteiger partial charge in [0.05, 0.1) is 0 Å². The van der Waals surface area contributed by atoms with Crippen molar-refractivity contribution in [3.8, 4) is 0 Å². The Balaban J connectivity index is 1.46. The number of H-pyrrole nitrogens is 1. The molecule has 0 aliphatic heterocycles. The van der Waals surface area contributed by atoms with E-state index >= 15 is 0 Å². The number of carboxylic acids is 1. The number of para-hydroxylation sites is 1. The molecule has 0 aliphatic carbocycles. The Morgan fingerprint density at radius 3 is 2.11 bits per heavy atom. The number of aliphatic carboxylic acids is 1. The molecular weight excluding hydrogens is 458 g/mol. The number of amides is 2. The van der Waals surface area contributed by atoms with E-state index in [2.05, 4.69) is 15.6 Å². The molecule has 3 aromatic carbocycles. The van der Waals surface area contributed by atoms with Crippen LogP contribution in [0.4, 0.5) is 4.79 Å². The van der Waals surface area contributed by atoms with Crippen LogP contribution in [0.3, 0.4) is 0 Å². The lowest BCUT2D eigenvalue weighted by molar-refractivity contribution is -0.142. The fourth-order valence-electron chi connectivity index (χ4n) is 3.96. The maximum Gasteiger partial charge on any atom is 0.408 e. The first kappa shape index (κ1) is 24.5. The molecule has 8 heteroatoms. The van der Waals surface area contributed by atoms with Gasteiger partial charge in [0.1, 0.15) is 18.7 Å². The second kappa shape index (κ2) is 11.7. The Morgan fingerprint density at radius 2 is 1.42 bits per heavy atom. The molecule has 0 saturated heterocycles. The van der Waals surface area contributed by atoms with E-state index in [4.69, 9.17) is 4.74 Å². The van der Waals surface area contributed by atoms with Gasteiger partial charge in [0.25, 0.3) is 0 Å². The molecule has 0 aliphatic rings. The van der Waals surface area contributed by atoms with Crippen LogP contribution in [-0.2, 0) is 33.8 Å². The predicted octanol–water partition coefficient (Wildman–Crippen LogP) is 3.82. The van der Waals surface area contributed by atoms with Gasteiger partial charge in [-0.25, -0.2) is 9.59 Å². The molecular formula is C28H27N3O5. The average molecular weight is 486 g/mol. The molecule has 0 unspecified atom stereocenters. The molecule has 4 rings (SSSR count). The summed E-state index contributed by atoms with van der Waals surface area (Å²) in [5.41, 5.74) is 3.27. The molecule has 0 radical (unpaired) electrons. The summed E-state index contributed by atoms with van der Waals surface area (Å²) in [6, 6.07) is 23.7. The first-order chi connectivity index (χ1) is 17.5. The fraction of sp³-hybridized carbons (Fsp3) is 0.179. The molecule has 2 amide bonds. The third-order valence-electron chi connectivity index (χ3n) is 5.82. The van der Waals surface area contributed by atoms with E-state index in [1.54, 1.807) is 6.20 Å². The van der Waals surface area contributed by atoms with Gasteiger partial charge in [-0.1, -0.05) is 78.9 Å². The van der Waals surface area contributed by atoms with Crippen LogP contribution in [0.15, 0.2) is 91.1 Å². The largest absolute Gasteiger partial charge is 0.480 e. The molecule has 4 N–H and O–H groups in total. The first-order valence-electron chi connectivity index (χ1n) is 11.6. The summed E-state index contributed by atoms with van der Waals surface area (Å²) in [4.78, 5) is 40.9. The Kier molecular flexibility index (Phi) is 7.97. The van der Waals surface area contributed by atoms with Crippen molar-refractivity contribution in [3.05, 3.63) is 108 Å². The lowest BCUT2D eigenvalue weighted by atomic mass is 10.0.